The van der Waals surface area contributed by atoms with Crippen molar-refractivity contribution in [1.29, 1.82) is 0 Å². The van der Waals surface area contributed by atoms with Crippen LogP contribution in [0.3, 0.4) is 0 Å². The summed E-state index contributed by atoms with van der Waals surface area (Å²) in [6, 6.07) is 12.3. The number of nitrogen functional groups attached to an aromatic ring is 1. The molecule has 3 rings (SSSR count). The first-order valence-electron chi connectivity index (χ1n) is 7.06. The van der Waals surface area contributed by atoms with Gasteiger partial charge in [0.05, 0.1) is 16.3 Å². The van der Waals surface area contributed by atoms with Crippen molar-refractivity contribution in [2.24, 2.45) is 0 Å². The van der Waals surface area contributed by atoms with E-state index in [1.165, 1.54) is 5.56 Å². The smallest absolute Gasteiger partial charge is 0.220 e. The largest absolute Gasteiger partial charge is 0.368 e. The van der Waals surface area contributed by atoms with Crippen LogP contribution in [0.25, 0.3) is 10.6 Å². The van der Waals surface area contributed by atoms with Crippen molar-refractivity contribution >= 4 is 22.4 Å². The van der Waals surface area contributed by atoms with E-state index in [1.807, 2.05) is 19.1 Å². The molecule has 2 heterocycles. The average Bonchev–Trinajstić information content (AvgIpc) is 2.89. The van der Waals surface area contributed by atoms with Crippen molar-refractivity contribution in [1.82, 2.24) is 15.0 Å². The van der Waals surface area contributed by atoms with Crippen LogP contribution in [0.5, 0.6) is 0 Å². The zero-order valence-corrected chi connectivity index (χ0v) is 13.1. The first-order chi connectivity index (χ1) is 10.7. The Hall–Kier alpha value is -2.47. The molecule has 0 saturated carbocycles. The van der Waals surface area contributed by atoms with Crippen LogP contribution in [0.1, 0.15) is 11.3 Å². The zero-order chi connectivity index (χ0) is 15.4. The molecule has 0 unspecified atom stereocenters. The number of hydrogen-bond donors (Lipinski definition) is 2. The van der Waals surface area contributed by atoms with Crippen LogP contribution in [-0.2, 0) is 6.42 Å². The Morgan fingerprint density at radius 1 is 1.14 bits per heavy atom. The molecule has 22 heavy (non-hydrogen) atoms. The Kier molecular flexibility index (Phi) is 4.29. The molecule has 5 nitrogen and oxygen atoms in total. The predicted molar refractivity (Wildman–Crippen MR) is 90.9 cm³/mol. The summed E-state index contributed by atoms with van der Waals surface area (Å²) in [7, 11) is 0. The molecular formula is C16H17N5S. The second-order valence-corrected chi connectivity index (χ2v) is 5.90. The van der Waals surface area contributed by atoms with E-state index in [0.717, 1.165) is 34.4 Å². The minimum atomic E-state index is 0.281. The molecule has 0 saturated heterocycles. The summed E-state index contributed by atoms with van der Waals surface area (Å²) in [5.74, 6) is 0.281. The van der Waals surface area contributed by atoms with Gasteiger partial charge in [0.15, 0.2) is 5.13 Å². The van der Waals surface area contributed by atoms with Crippen molar-refractivity contribution in [2.75, 3.05) is 17.6 Å². The van der Waals surface area contributed by atoms with Gasteiger partial charge in [-0.15, -0.1) is 0 Å². The van der Waals surface area contributed by atoms with Crippen molar-refractivity contribution < 1.29 is 0 Å². The monoisotopic (exact) mass is 311 g/mol. The van der Waals surface area contributed by atoms with E-state index in [4.69, 9.17) is 5.73 Å². The number of nitrogens with zero attached hydrogens (tertiary/aromatic N) is 3. The number of nitrogens with two attached hydrogens (primary N) is 1. The maximum atomic E-state index is 5.64. The number of nitrogens with one attached hydrogen (secondary N) is 1. The highest BCUT2D eigenvalue weighted by atomic mass is 32.1. The van der Waals surface area contributed by atoms with Gasteiger partial charge >= 0.3 is 0 Å². The van der Waals surface area contributed by atoms with Crippen LogP contribution in [-0.4, -0.2) is 21.5 Å². The number of anilines is 2. The van der Waals surface area contributed by atoms with Crippen LogP contribution in [0.2, 0.25) is 0 Å². The van der Waals surface area contributed by atoms with Gasteiger partial charge in [0.2, 0.25) is 5.95 Å². The molecule has 0 aliphatic heterocycles. The molecule has 0 amide bonds. The van der Waals surface area contributed by atoms with E-state index in [1.54, 1.807) is 17.5 Å². The molecule has 0 radical (unpaired) electrons. The van der Waals surface area contributed by atoms with Gasteiger partial charge in [-0.05, 0) is 25.0 Å². The Bertz CT molecular complexity index is 754. The Balaban J connectivity index is 1.67. The van der Waals surface area contributed by atoms with Gasteiger partial charge in [-0.2, -0.15) is 0 Å². The summed E-state index contributed by atoms with van der Waals surface area (Å²) in [5.41, 5.74) is 8.72. The van der Waals surface area contributed by atoms with Crippen molar-refractivity contribution in [3.8, 4) is 10.6 Å². The standard InChI is InChI=1S/C16H17N5S/c1-11-14(13-8-10-18-15(17)21-13)22-16(20-11)19-9-7-12-5-3-2-4-6-12/h2-6,8,10H,7,9H2,1H3,(H,19,20)(H2,17,18,21). The summed E-state index contributed by atoms with van der Waals surface area (Å²) >= 11 is 1.59. The van der Waals surface area contributed by atoms with Crippen LogP contribution >= 0.6 is 11.3 Å². The van der Waals surface area contributed by atoms with E-state index < -0.39 is 0 Å². The molecule has 2 aromatic heterocycles. The molecule has 0 aliphatic carbocycles. The number of rotatable bonds is 5. The third-order valence-corrected chi connectivity index (χ3v) is 4.37. The maximum absolute atomic E-state index is 5.64. The van der Waals surface area contributed by atoms with Gasteiger partial charge < -0.3 is 11.1 Å². The number of aromatic nitrogens is 3. The average molecular weight is 311 g/mol. The highest BCUT2D eigenvalue weighted by Gasteiger charge is 2.11. The first kappa shape index (κ1) is 14.5. The number of benzene rings is 1. The molecule has 0 atom stereocenters. The summed E-state index contributed by atoms with van der Waals surface area (Å²) < 4.78 is 0. The van der Waals surface area contributed by atoms with E-state index in [2.05, 4.69) is 44.5 Å². The third-order valence-electron chi connectivity index (χ3n) is 3.24. The molecule has 112 valence electrons. The molecule has 1 aromatic carbocycles. The number of thiazole rings is 1. The van der Waals surface area contributed by atoms with Crippen LogP contribution in [0.15, 0.2) is 42.6 Å². The van der Waals surface area contributed by atoms with Crippen LogP contribution in [0, 0.1) is 6.92 Å². The summed E-state index contributed by atoms with van der Waals surface area (Å²) in [4.78, 5) is 13.8. The predicted octanol–water partition coefficient (Wildman–Crippen LogP) is 3.15. The zero-order valence-electron chi connectivity index (χ0n) is 12.3. The topological polar surface area (TPSA) is 76.7 Å². The normalized spacial score (nSPS) is 10.6. The second-order valence-electron chi connectivity index (χ2n) is 4.90. The van der Waals surface area contributed by atoms with Crippen LogP contribution in [0.4, 0.5) is 11.1 Å². The Labute approximate surface area is 133 Å². The Morgan fingerprint density at radius 2 is 1.95 bits per heavy atom. The number of hydrogen-bond acceptors (Lipinski definition) is 6. The minimum Gasteiger partial charge on any atom is -0.368 e. The molecule has 0 fully saturated rings. The van der Waals surface area contributed by atoms with E-state index in [-0.39, 0.29) is 5.95 Å². The molecular weight excluding hydrogens is 294 g/mol. The van der Waals surface area contributed by atoms with Gasteiger partial charge in [-0.25, -0.2) is 15.0 Å². The highest BCUT2D eigenvalue weighted by molar-refractivity contribution is 7.19. The fraction of sp³-hybridized carbons (Fsp3) is 0.188. The lowest BCUT2D eigenvalue weighted by Crippen LogP contribution is -2.04. The molecule has 0 aliphatic rings. The molecule has 0 spiro atoms. The highest BCUT2D eigenvalue weighted by Crippen LogP contribution is 2.31. The molecule has 0 bridgehead atoms. The SMILES string of the molecule is Cc1nc(NCCc2ccccc2)sc1-c1ccnc(N)n1. The summed E-state index contributed by atoms with van der Waals surface area (Å²) in [6.45, 7) is 2.83. The fourth-order valence-corrected chi connectivity index (χ4v) is 3.13. The van der Waals surface area contributed by atoms with Crippen molar-refractivity contribution in [3.05, 3.63) is 53.9 Å². The lowest BCUT2D eigenvalue weighted by Gasteiger charge is -2.02. The third kappa shape index (κ3) is 3.40. The Morgan fingerprint density at radius 3 is 2.73 bits per heavy atom. The van der Waals surface area contributed by atoms with Gasteiger partial charge in [-0.1, -0.05) is 41.7 Å². The molecule has 6 heteroatoms. The quantitative estimate of drug-likeness (QED) is 0.757. The van der Waals surface area contributed by atoms with E-state index in [9.17, 15) is 0 Å². The second kappa shape index (κ2) is 6.53. The number of aryl methyl sites for hydroxylation is 1. The van der Waals surface area contributed by atoms with Gasteiger partial charge in [0.1, 0.15) is 0 Å². The van der Waals surface area contributed by atoms with Gasteiger partial charge in [0.25, 0.3) is 0 Å². The summed E-state index contributed by atoms with van der Waals surface area (Å²) in [5, 5.41) is 4.27. The fourth-order valence-electron chi connectivity index (χ4n) is 2.17. The lowest BCUT2D eigenvalue weighted by molar-refractivity contribution is 1.01. The first-order valence-corrected chi connectivity index (χ1v) is 7.88. The van der Waals surface area contributed by atoms with Crippen LogP contribution < -0.4 is 11.1 Å². The minimum absolute atomic E-state index is 0.281. The van der Waals surface area contributed by atoms with Crippen molar-refractivity contribution in [2.45, 2.75) is 13.3 Å². The lowest BCUT2D eigenvalue weighted by atomic mass is 10.2. The van der Waals surface area contributed by atoms with Gasteiger partial charge in [0, 0.05) is 12.7 Å². The molecule has 3 N–H and O–H groups in total. The van der Waals surface area contributed by atoms with E-state index in [0.29, 0.717) is 0 Å². The molecule has 3 aromatic rings. The van der Waals surface area contributed by atoms with Gasteiger partial charge in [-0.3, -0.25) is 0 Å². The maximum Gasteiger partial charge on any atom is 0.220 e. The summed E-state index contributed by atoms with van der Waals surface area (Å²) in [6.07, 6.45) is 2.63. The van der Waals surface area contributed by atoms with Crippen molar-refractivity contribution in [3.63, 3.8) is 0 Å². The van der Waals surface area contributed by atoms with E-state index >= 15 is 0 Å².